The molecule has 1 aliphatic carbocycles. The Morgan fingerprint density at radius 3 is 2.09 bits per heavy atom. The van der Waals surface area contributed by atoms with E-state index in [0.29, 0.717) is 13.2 Å². The van der Waals surface area contributed by atoms with Gasteiger partial charge >= 0.3 is 12.1 Å². The molecule has 322 valence electrons. The summed E-state index contributed by atoms with van der Waals surface area (Å²) in [4.78, 5) is 24.0. The van der Waals surface area contributed by atoms with E-state index in [1.165, 1.54) is 92.5 Å². The quantitative estimate of drug-likeness (QED) is 0.0418. The molecule has 58 heavy (non-hydrogen) atoms. The van der Waals surface area contributed by atoms with Gasteiger partial charge in [-0.15, -0.1) is 0 Å². The molecule has 3 aliphatic rings. The maximum absolute atomic E-state index is 12.6. The van der Waals surface area contributed by atoms with Crippen molar-refractivity contribution in [3.05, 3.63) is 71.8 Å². The highest BCUT2D eigenvalue weighted by Gasteiger charge is 2.52. The van der Waals surface area contributed by atoms with E-state index in [4.69, 9.17) is 23.7 Å². The summed E-state index contributed by atoms with van der Waals surface area (Å²) in [5.74, 6) is -0.801. The van der Waals surface area contributed by atoms with Gasteiger partial charge in [-0.25, -0.2) is 9.59 Å². The van der Waals surface area contributed by atoms with E-state index in [1.54, 1.807) is 6.92 Å². The average molecular weight is 806 g/mol. The number of amides is 1. The van der Waals surface area contributed by atoms with Gasteiger partial charge < -0.3 is 39.2 Å². The number of carbonyl (C=O) groups excluding carboxylic acids is 2. The van der Waals surface area contributed by atoms with Crippen molar-refractivity contribution in [2.24, 2.45) is 0 Å². The number of carbonyl (C=O) groups is 2. The first-order chi connectivity index (χ1) is 28.4. The molecule has 1 amide bonds. The highest BCUT2D eigenvalue weighted by molar-refractivity contribution is 5.81. The molecule has 2 heterocycles. The minimum absolute atomic E-state index is 0.00135. The number of rotatable bonds is 29. The van der Waals surface area contributed by atoms with Gasteiger partial charge in [-0.05, 0) is 67.7 Å². The predicted octanol–water partition coefficient (Wildman–Crippen LogP) is 9.68. The summed E-state index contributed by atoms with van der Waals surface area (Å²) in [5.41, 5.74) is 4.71. The highest BCUT2D eigenvalue weighted by atomic mass is 16.8. The minimum atomic E-state index is -0.535. The summed E-state index contributed by atoms with van der Waals surface area (Å²) in [7, 11) is 0. The molecule has 2 aliphatic heterocycles. The third kappa shape index (κ3) is 14.5. The molecule has 0 unspecified atom stereocenters. The van der Waals surface area contributed by atoms with E-state index in [9.17, 15) is 19.8 Å². The molecule has 10 nitrogen and oxygen atoms in total. The molecule has 2 aromatic rings. The Balaban J connectivity index is 0.798. The maximum Gasteiger partial charge on any atom is 0.407 e. The average Bonchev–Trinajstić information content (AvgIpc) is 3.72. The van der Waals surface area contributed by atoms with Crippen molar-refractivity contribution < 1.29 is 43.5 Å². The number of esters is 1. The fourth-order valence-electron chi connectivity index (χ4n) is 8.83. The van der Waals surface area contributed by atoms with E-state index in [0.717, 1.165) is 64.2 Å². The highest BCUT2D eigenvalue weighted by Crippen LogP contribution is 2.45. The van der Waals surface area contributed by atoms with E-state index in [-0.39, 0.29) is 43.9 Å². The number of benzene rings is 2. The monoisotopic (exact) mass is 806 g/mol. The number of allylic oxidation sites excluding steroid dienone is 1. The Morgan fingerprint density at radius 1 is 0.828 bits per heavy atom. The molecule has 0 saturated carbocycles. The van der Waals surface area contributed by atoms with Crippen LogP contribution in [0.2, 0.25) is 0 Å². The summed E-state index contributed by atoms with van der Waals surface area (Å²) in [6.45, 7) is 3.12. The molecule has 3 N–H and O–H groups in total. The maximum atomic E-state index is 12.6. The van der Waals surface area contributed by atoms with Crippen LogP contribution in [0.3, 0.4) is 0 Å². The molecule has 0 spiro atoms. The van der Waals surface area contributed by atoms with Gasteiger partial charge in [0.2, 0.25) is 0 Å². The van der Waals surface area contributed by atoms with E-state index in [2.05, 4.69) is 29.6 Å². The van der Waals surface area contributed by atoms with Crippen LogP contribution in [-0.2, 0) is 28.5 Å². The molecule has 5 rings (SSSR count). The molecule has 2 fully saturated rings. The van der Waals surface area contributed by atoms with Crippen LogP contribution in [-0.4, -0.2) is 85.5 Å². The standard InChI is InChI=1S/C48H71NO9/c1-2-55-45(52)29-17-13-12-16-28-44-46-43(51)30-32-48(57-44,58-46)31-22-14-10-8-6-4-3-5-7-9-11-15-23-33-54-35-37(34-50)49-47(53)56-36-42-40-26-20-18-24-38(40)39-25-19-21-27-41(39)42/h17-21,24-27,29,37,42-44,46,50-51H,2-16,22-23,28,30-36H2,1H3,(H,49,53)/b29-17+/t37-,43-,44-,46-,48+/m1/s1. The van der Waals surface area contributed by atoms with E-state index >= 15 is 0 Å². The number of nitrogens with one attached hydrogen (secondary N) is 1. The Labute approximate surface area is 347 Å². The molecule has 2 aromatic carbocycles. The van der Waals surface area contributed by atoms with Crippen molar-refractivity contribution in [3.8, 4) is 11.1 Å². The topological polar surface area (TPSA) is 133 Å². The fraction of sp³-hybridized carbons (Fsp3) is 0.667. The zero-order valence-electron chi connectivity index (χ0n) is 35.1. The number of ether oxygens (including phenoxy) is 5. The van der Waals surface area contributed by atoms with E-state index in [1.807, 2.05) is 30.3 Å². The smallest absolute Gasteiger partial charge is 0.407 e. The lowest BCUT2D eigenvalue weighted by atomic mass is 9.94. The van der Waals surface area contributed by atoms with Crippen LogP contribution in [0, 0.1) is 0 Å². The second kappa shape index (κ2) is 25.4. The number of hydrogen-bond acceptors (Lipinski definition) is 9. The zero-order chi connectivity index (χ0) is 40.8. The van der Waals surface area contributed by atoms with Crippen molar-refractivity contribution in [2.45, 2.75) is 171 Å². The summed E-state index contributed by atoms with van der Waals surface area (Å²) in [6.07, 6.45) is 24.0. The van der Waals surface area contributed by atoms with Crippen LogP contribution in [0.5, 0.6) is 0 Å². The zero-order valence-corrected chi connectivity index (χ0v) is 35.1. The third-order valence-corrected chi connectivity index (χ3v) is 12.0. The lowest BCUT2D eigenvalue weighted by molar-refractivity contribution is -0.214. The molecule has 10 heteroatoms. The number of aliphatic hydroxyl groups excluding tert-OH is 2. The number of unbranched alkanes of at least 4 members (excludes halogenated alkanes) is 14. The van der Waals surface area contributed by atoms with Crippen molar-refractivity contribution in [2.75, 3.05) is 33.0 Å². The van der Waals surface area contributed by atoms with Crippen molar-refractivity contribution >= 4 is 12.1 Å². The summed E-state index contributed by atoms with van der Waals surface area (Å²) < 4.78 is 29.2. The second-order valence-electron chi connectivity index (χ2n) is 16.5. The Hall–Kier alpha value is -3.28. The molecule has 5 atom stereocenters. The second-order valence-corrected chi connectivity index (χ2v) is 16.5. The van der Waals surface area contributed by atoms with Gasteiger partial charge in [-0.1, -0.05) is 132 Å². The molecule has 2 bridgehead atoms. The van der Waals surface area contributed by atoms with Crippen molar-refractivity contribution in [1.29, 1.82) is 0 Å². The normalized spacial score (nSPS) is 21.5. The predicted molar refractivity (Wildman–Crippen MR) is 226 cm³/mol. The van der Waals surface area contributed by atoms with Crippen LogP contribution in [0.25, 0.3) is 11.1 Å². The molecule has 0 aromatic heterocycles. The number of aliphatic hydroxyl groups is 2. The van der Waals surface area contributed by atoms with Crippen LogP contribution in [0.4, 0.5) is 4.79 Å². The first-order valence-electron chi connectivity index (χ1n) is 22.6. The number of alkyl carbamates (subject to hydrolysis) is 1. The van der Waals surface area contributed by atoms with Gasteiger partial charge in [0.15, 0.2) is 5.79 Å². The van der Waals surface area contributed by atoms with Gasteiger partial charge in [0.25, 0.3) is 0 Å². The largest absolute Gasteiger partial charge is 0.463 e. The lowest BCUT2D eigenvalue weighted by Crippen LogP contribution is -2.41. The number of hydrogen-bond donors (Lipinski definition) is 3. The van der Waals surface area contributed by atoms with Crippen molar-refractivity contribution in [1.82, 2.24) is 5.32 Å². The number of fused-ring (bicyclic) bond motifs is 5. The lowest BCUT2D eigenvalue weighted by Gasteiger charge is -2.33. The molecule has 2 saturated heterocycles. The van der Waals surface area contributed by atoms with Crippen LogP contribution in [0.1, 0.15) is 152 Å². The van der Waals surface area contributed by atoms with Crippen molar-refractivity contribution in [3.63, 3.8) is 0 Å². The Bertz CT molecular complexity index is 1490. The molecular weight excluding hydrogens is 735 g/mol. The van der Waals surface area contributed by atoms with Gasteiger partial charge in [0.05, 0.1) is 38.1 Å². The summed E-state index contributed by atoms with van der Waals surface area (Å²) >= 11 is 0. The summed E-state index contributed by atoms with van der Waals surface area (Å²) in [5, 5.41) is 23.1. The Morgan fingerprint density at radius 2 is 1.45 bits per heavy atom. The fourth-order valence-corrected chi connectivity index (χ4v) is 8.83. The first-order valence-corrected chi connectivity index (χ1v) is 22.6. The van der Waals surface area contributed by atoms with Gasteiger partial charge in [-0.2, -0.15) is 0 Å². The third-order valence-electron chi connectivity index (χ3n) is 12.0. The SMILES string of the molecule is CCOC(=O)/C=C/CCCC[C@H]1O[C@]2(CCCCCCCCCCCCCCCOC[C@@H](CO)NC(=O)OCC3c4ccccc4-c4ccccc43)CC[C@@H](O)[C@H]1O2. The summed E-state index contributed by atoms with van der Waals surface area (Å²) in [6, 6.07) is 16.0. The van der Waals surface area contributed by atoms with Crippen LogP contribution in [0.15, 0.2) is 60.7 Å². The van der Waals surface area contributed by atoms with Gasteiger partial charge in [0, 0.05) is 31.4 Å². The Kier molecular flexibility index (Phi) is 20.0. The minimum Gasteiger partial charge on any atom is -0.463 e. The van der Waals surface area contributed by atoms with Crippen LogP contribution < -0.4 is 5.32 Å². The van der Waals surface area contributed by atoms with Crippen LogP contribution >= 0.6 is 0 Å². The van der Waals surface area contributed by atoms with Gasteiger partial charge in [-0.3, -0.25) is 0 Å². The van der Waals surface area contributed by atoms with Gasteiger partial charge in [0.1, 0.15) is 12.7 Å². The first kappa shape index (κ1) is 45.8. The van der Waals surface area contributed by atoms with E-state index < -0.39 is 24.0 Å². The molecule has 0 radical (unpaired) electrons. The molecular formula is C48H71NO9.